The number of rotatable bonds is 4. The highest BCUT2D eigenvalue weighted by Crippen LogP contribution is 1.92. The van der Waals surface area contributed by atoms with E-state index >= 15 is 0 Å². The summed E-state index contributed by atoms with van der Waals surface area (Å²) in [7, 11) is 1.91. The van der Waals surface area contributed by atoms with Gasteiger partial charge in [-0.25, -0.2) is 0 Å². The van der Waals surface area contributed by atoms with Gasteiger partial charge in [0.05, 0.1) is 0 Å². The van der Waals surface area contributed by atoms with Gasteiger partial charge in [-0.2, -0.15) is 0 Å². The average Bonchev–Trinajstić information content (AvgIpc) is 1.82. The summed E-state index contributed by atoms with van der Waals surface area (Å²) in [6.07, 6.45) is 0. The fraction of sp³-hybridized carbons (Fsp3) is 1.00. The molecule has 0 rings (SSSR count). The van der Waals surface area contributed by atoms with Gasteiger partial charge in [0, 0.05) is 18.3 Å². The van der Waals surface area contributed by atoms with E-state index in [1.54, 1.807) is 0 Å². The van der Waals surface area contributed by atoms with Gasteiger partial charge in [-0.05, 0) is 20.9 Å². The predicted octanol–water partition coefficient (Wildman–Crippen LogP) is 0.206. The van der Waals surface area contributed by atoms with Gasteiger partial charge in [0.15, 0.2) is 0 Å². The van der Waals surface area contributed by atoms with Crippen LogP contribution in [0.3, 0.4) is 0 Å². The van der Waals surface area contributed by atoms with E-state index in [2.05, 4.69) is 0 Å². The second-order valence-electron chi connectivity index (χ2n) is 2.58. The molecule has 0 bridgehead atoms. The molecule has 0 aliphatic heterocycles. The Morgan fingerprint density at radius 1 is 1.60 bits per heavy atom. The molecule has 4 heteroatoms. The van der Waals surface area contributed by atoms with Gasteiger partial charge in [-0.3, -0.25) is 4.21 Å². The molecular formula is C6H14NO2S-. The third kappa shape index (κ3) is 4.90. The SMILES string of the molecule is CC(C)N(C)CCS(=O)[O-]. The summed E-state index contributed by atoms with van der Waals surface area (Å²) in [6, 6.07) is 0.420. The Morgan fingerprint density at radius 3 is 2.40 bits per heavy atom. The van der Waals surface area contributed by atoms with Crippen LogP contribution in [0.5, 0.6) is 0 Å². The van der Waals surface area contributed by atoms with Crippen LogP contribution in [-0.2, 0) is 11.1 Å². The van der Waals surface area contributed by atoms with Crippen molar-refractivity contribution in [1.82, 2.24) is 4.90 Å². The van der Waals surface area contributed by atoms with Gasteiger partial charge in [-0.15, -0.1) is 0 Å². The Labute approximate surface area is 64.7 Å². The van der Waals surface area contributed by atoms with E-state index in [0.29, 0.717) is 12.6 Å². The largest absolute Gasteiger partial charge is 0.772 e. The molecule has 0 saturated carbocycles. The van der Waals surface area contributed by atoms with Crippen molar-refractivity contribution in [3.8, 4) is 0 Å². The lowest BCUT2D eigenvalue weighted by atomic mass is 10.3. The fourth-order valence-electron chi connectivity index (χ4n) is 0.477. The van der Waals surface area contributed by atoms with E-state index in [4.69, 9.17) is 0 Å². The van der Waals surface area contributed by atoms with Crippen LogP contribution in [0.2, 0.25) is 0 Å². The standard InChI is InChI=1S/C6H15NO2S/c1-6(2)7(3)4-5-10(8)9/h6H,4-5H2,1-3H3,(H,8,9)/p-1. The topological polar surface area (TPSA) is 43.4 Å². The second-order valence-corrected chi connectivity index (χ2v) is 3.60. The summed E-state index contributed by atoms with van der Waals surface area (Å²) in [5.74, 6) is 0.231. The Hall–Kier alpha value is 0.0700. The molecule has 0 aliphatic rings. The van der Waals surface area contributed by atoms with Crippen LogP contribution < -0.4 is 0 Å². The Morgan fingerprint density at radius 2 is 2.10 bits per heavy atom. The first-order chi connectivity index (χ1) is 4.54. The molecule has 0 amide bonds. The van der Waals surface area contributed by atoms with Crippen molar-refractivity contribution in [2.45, 2.75) is 19.9 Å². The van der Waals surface area contributed by atoms with Crippen LogP contribution >= 0.6 is 0 Å². The van der Waals surface area contributed by atoms with Crippen LogP contribution in [0, 0.1) is 0 Å². The zero-order chi connectivity index (χ0) is 8.15. The van der Waals surface area contributed by atoms with Gasteiger partial charge in [0.2, 0.25) is 0 Å². The van der Waals surface area contributed by atoms with Crippen LogP contribution in [0.15, 0.2) is 0 Å². The van der Waals surface area contributed by atoms with Crippen LogP contribution in [-0.4, -0.2) is 39.0 Å². The minimum atomic E-state index is -1.89. The third-order valence-electron chi connectivity index (χ3n) is 1.49. The minimum absolute atomic E-state index is 0.231. The quantitative estimate of drug-likeness (QED) is 0.558. The number of nitrogens with zero attached hydrogens (tertiary/aromatic N) is 1. The normalized spacial score (nSPS) is 14.6. The van der Waals surface area contributed by atoms with Crippen LogP contribution in [0.4, 0.5) is 0 Å². The molecule has 0 aromatic rings. The molecular weight excluding hydrogens is 150 g/mol. The maximum atomic E-state index is 10.1. The van der Waals surface area contributed by atoms with Gasteiger partial charge in [0.25, 0.3) is 0 Å². The second kappa shape index (κ2) is 4.82. The van der Waals surface area contributed by atoms with Crippen molar-refractivity contribution in [2.75, 3.05) is 19.3 Å². The van der Waals surface area contributed by atoms with Crippen molar-refractivity contribution in [1.29, 1.82) is 0 Å². The maximum Gasteiger partial charge on any atom is 0.0229 e. The third-order valence-corrected chi connectivity index (χ3v) is 2.01. The molecule has 0 N–H and O–H groups in total. The maximum absolute atomic E-state index is 10.1. The lowest BCUT2D eigenvalue weighted by Gasteiger charge is -2.21. The summed E-state index contributed by atoms with van der Waals surface area (Å²) in [5, 5.41) is 0. The average molecular weight is 164 g/mol. The Kier molecular flexibility index (Phi) is 4.85. The zero-order valence-corrected chi connectivity index (χ0v) is 7.48. The Balaban J connectivity index is 3.39. The molecule has 0 fully saturated rings. The first kappa shape index (κ1) is 10.1. The van der Waals surface area contributed by atoms with E-state index in [-0.39, 0.29) is 5.75 Å². The molecule has 0 aromatic heterocycles. The first-order valence-electron chi connectivity index (χ1n) is 3.30. The smallest absolute Gasteiger partial charge is 0.0229 e. The van der Waals surface area contributed by atoms with Gasteiger partial charge >= 0.3 is 0 Å². The van der Waals surface area contributed by atoms with E-state index < -0.39 is 11.1 Å². The predicted molar refractivity (Wildman–Crippen MR) is 41.6 cm³/mol. The highest BCUT2D eigenvalue weighted by atomic mass is 32.2. The first-order valence-corrected chi connectivity index (χ1v) is 4.54. The van der Waals surface area contributed by atoms with Crippen molar-refractivity contribution in [3.05, 3.63) is 0 Å². The molecule has 0 aliphatic carbocycles. The minimum Gasteiger partial charge on any atom is -0.772 e. The fourth-order valence-corrected chi connectivity index (χ4v) is 0.914. The van der Waals surface area contributed by atoms with Gasteiger partial charge < -0.3 is 9.45 Å². The summed E-state index contributed by atoms with van der Waals surface area (Å²) in [4.78, 5) is 2.00. The molecule has 1 atom stereocenters. The molecule has 1 unspecified atom stereocenters. The lowest BCUT2D eigenvalue weighted by Crippen LogP contribution is -2.30. The van der Waals surface area contributed by atoms with Crippen molar-refractivity contribution in [3.63, 3.8) is 0 Å². The van der Waals surface area contributed by atoms with E-state index in [1.807, 2.05) is 25.8 Å². The summed E-state index contributed by atoms with van der Waals surface area (Å²) < 4.78 is 20.2. The molecule has 0 saturated heterocycles. The number of hydrogen-bond acceptors (Lipinski definition) is 3. The monoisotopic (exact) mass is 164 g/mol. The molecule has 62 valence electrons. The van der Waals surface area contributed by atoms with E-state index in [0.717, 1.165) is 0 Å². The van der Waals surface area contributed by atoms with Crippen molar-refractivity contribution in [2.24, 2.45) is 0 Å². The summed E-state index contributed by atoms with van der Waals surface area (Å²) >= 11 is -1.89. The van der Waals surface area contributed by atoms with Crippen molar-refractivity contribution >= 4 is 11.1 Å². The van der Waals surface area contributed by atoms with E-state index in [9.17, 15) is 8.76 Å². The van der Waals surface area contributed by atoms with Crippen molar-refractivity contribution < 1.29 is 8.76 Å². The van der Waals surface area contributed by atoms with Crippen LogP contribution in [0.1, 0.15) is 13.8 Å². The molecule has 0 aromatic carbocycles. The molecule has 3 nitrogen and oxygen atoms in total. The van der Waals surface area contributed by atoms with E-state index in [1.165, 1.54) is 0 Å². The molecule has 10 heavy (non-hydrogen) atoms. The highest BCUT2D eigenvalue weighted by Gasteiger charge is 2.00. The highest BCUT2D eigenvalue weighted by molar-refractivity contribution is 7.79. The Bertz CT molecular complexity index is 116. The zero-order valence-electron chi connectivity index (χ0n) is 6.66. The van der Waals surface area contributed by atoms with Gasteiger partial charge in [0.1, 0.15) is 0 Å². The van der Waals surface area contributed by atoms with Crippen LogP contribution in [0.25, 0.3) is 0 Å². The number of hydrogen-bond donors (Lipinski definition) is 0. The lowest BCUT2D eigenvalue weighted by molar-refractivity contribution is 0.289. The molecule has 0 radical (unpaired) electrons. The summed E-state index contributed by atoms with van der Waals surface area (Å²) in [6.45, 7) is 4.69. The molecule has 0 spiro atoms. The summed E-state index contributed by atoms with van der Waals surface area (Å²) in [5.41, 5.74) is 0. The molecule has 0 heterocycles. The van der Waals surface area contributed by atoms with Gasteiger partial charge in [-0.1, -0.05) is 11.1 Å².